The number of aromatic carboxylic acids is 1. The first-order chi connectivity index (χ1) is 15.5. The number of rotatable bonds is 6. The lowest BCUT2D eigenvalue weighted by atomic mass is 10.2. The van der Waals surface area contributed by atoms with Crippen LogP contribution in [-0.2, 0) is 0 Å². The van der Waals surface area contributed by atoms with Gasteiger partial charge in [0.1, 0.15) is 4.88 Å². The van der Waals surface area contributed by atoms with Crippen LogP contribution in [0.25, 0.3) is 10.1 Å². The molecule has 0 aliphatic carbocycles. The van der Waals surface area contributed by atoms with Crippen LogP contribution in [-0.4, -0.2) is 30.4 Å². The number of carboxylic acids is 1. The van der Waals surface area contributed by atoms with Crippen molar-refractivity contribution in [2.45, 2.75) is 0 Å². The van der Waals surface area contributed by atoms with Crippen LogP contribution in [0.3, 0.4) is 0 Å². The average molecular weight is 466 g/mol. The van der Waals surface area contributed by atoms with Crippen LogP contribution in [0.1, 0.15) is 25.6 Å². The molecule has 0 amide bonds. The van der Waals surface area contributed by atoms with Gasteiger partial charge in [0.25, 0.3) is 0 Å². The molecule has 0 fully saturated rings. The van der Waals surface area contributed by atoms with Crippen molar-refractivity contribution in [2.24, 2.45) is 4.99 Å². The summed E-state index contributed by atoms with van der Waals surface area (Å²) in [4.78, 5) is 28.6. The fourth-order valence-corrected chi connectivity index (χ4v) is 4.44. The van der Waals surface area contributed by atoms with Crippen LogP contribution in [0, 0.1) is 0 Å². The number of carboxylic acid groups (broad SMARTS) is 1. The highest BCUT2D eigenvalue weighted by Crippen LogP contribution is 2.37. The quantitative estimate of drug-likeness (QED) is 0.207. The van der Waals surface area contributed by atoms with E-state index >= 15 is 0 Å². The molecule has 0 radical (unpaired) electrons. The zero-order valence-electron chi connectivity index (χ0n) is 16.7. The third-order valence-corrected chi connectivity index (χ3v) is 6.25. The van der Waals surface area contributed by atoms with E-state index < -0.39 is 11.9 Å². The summed E-state index contributed by atoms with van der Waals surface area (Å²) in [5, 5.41) is 10.4. The summed E-state index contributed by atoms with van der Waals surface area (Å²) in [5.74, 6) is -1.08. The molecule has 4 aromatic rings. The van der Waals surface area contributed by atoms with Crippen LogP contribution < -0.4 is 9.47 Å². The second-order valence-corrected chi connectivity index (χ2v) is 8.05. The van der Waals surface area contributed by atoms with E-state index in [2.05, 4.69) is 4.99 Å². The van der Waals surface area contributed by atoms with Crippen molar-refractivity contribution < 1.29 is 24.2 Å². The van der Waals surface area contributed by atoms with E-state index in [1.807, 2.05) is 24.3 Å². The second kappa shape index (κ2) is 9.21. The molecule has 6 nitrogen and oxygen atoms in total. The summed E-state index contributed by atoms with van der Waals surface area (Å²) in [6, 6.07) is 18.8. The lowest BCUT2D eigenvalue weighted by molar-refractivity contribution is 0.0695. The maximum atomic E-state index is 12.7. The molecule has 160 valence electrons. The van der Waals surface area contributed by atoms with Gasteiger partial charge in [-0.2, -0.15) is 0 Å². The Bertz CT molecular complexity index is 1360. The van der Waals surface area contributed by atoms with Crippen molar-refractivity contribution in [3.05, 3.63) is 87.8 Å². The molecule has 8 heteroatoms. The predicted molar refractivity (Wildman–Crippen MR) is 125 cm³/mol. The smallest absolute Gasteiger partial charge is 0.355 e. The summed E-state index contributed by atoms with van der Waals surface area (Å²) in [5.41, 5.74) is 1.07. The summed E-state index contributed by atoms with van der Waals surface area (Å²) in [7, 11) is 1.46. The summed E-state index contributed by atoms with van der Waals surface area (Å²) in [6.07, 6.45) is 1.51. The summed E-state index contributed by atoms with van der Waals surface area (Å²) >= 11 is 7.63. The lowest BCUT2D eigenvalue weighted by Gasteiger charge is -2.09. The van der Waals surface area contributed by atoms with E-state index in [-0.39, 0.29) is 11.3 Å². The Hall–Kier alpha value is -3.68. The van der Waals surface area contributed by atoms with Crippen molar-refractivity contribution >= 4 is 56.9 Å². The number of aliphatic imine (C=N–C) groups is 1. The maximum absolute atomic E-state index is 12.7. The number of hydrogen-bond acceptors (Lipinski definition) is 6. The van der Waals surface area contributed by atoms with Gasteiger partial charge in [-0.1, -0.05) is 41.9 Å². The first-order valence-corrected chi connectivity index (χ1v) is 10.6. The molecule has 0 unspecified atom stereocenters. The molecule has 1 heterocycles. The molecule has 0 aliphatic heterocycles. The van der Waals surface area contributed by atoms with Crippen molar-refractivity contribution in [1.82, 2.24) is 0 Å². The molecular formula is C24H16ClNO5S. The van der Waals surface area contributed by atoms with Gasteiger partial charge in [-0.3, -0.25) is 4.99 Å². The first kappa shape index (κ1) is 21.5. The number of hydrogen-bond donors (Lipinski definition) is 1. The lowest BCUT2D eigenvalue weighted by Crippen LogP contribution is -2.08. The highest BCUT2D eigenvalue weighted by molar-refractivity contribution is 7.21. The Morgan fingerprint density at radius 3 is 2.53 bits per heavy atom. The number of fused-ring (bicyclic) bond motifs is 1. The first-order valence-electron chi connectivity index (χ1n) is 9.41. The number of benzene rings is 3. The normalized spacial score (nSPS) is 11.1. The van der Waals surface area contributed by atoms with E-state index in [0.29, 0.717) is 26.9 Å². The summed E-state index contributed by atoms with van der Waals surface area (Å²) in [6.45, 7) is 0. The summed E-state index contributed by atoms with van der Waals surface area (Å²) < 4.78 is 11.8. The Morgan fingerprint density at radius 2 is 1.78 bits per heavy atom. The molecule has 1 aromatic heterocycles. The fraction of sp³-hybridized carbons (Fsp3) is 0.0417. The number of thiophene rings is 1. The molecule has 0 aliphatic rings. The third-order valence-electron chi connectivity index (χ3n) is 4.60. The molecular weight excluding hydrogens is 450 g/mol. The molecule has 0 bridgehead atoms. The Morgan fingerprint density at radius 1 is 1.03 bits per heavy atom. The monoisotopic (exact) mass is 465 g/mol. The van der Waals surface area contributed by atoms with Gasteiger partial charge in [-0.15, -0.1) is 11.3 Å². The number of nitrogens with zero attached hydrogens (tertiary/aromatic N) is 1. The van der Waals surface area contributed by atoms with Gasteiger partial charge in [0.2, 0.25) is 0 Å². The predicted octanol–water partition coefficient (Wildman–Crippen LogP) is 6.23. The van der Waals surface area contributed by atoms with Gasteiger partial charge >= 0.3 is 11.9 Å². The minimum Gasteiger partial charge on any atom is -0.493 e. The van der Waals surface area contributed by atoms with Crippen LogP contribution in [0.2, 0.25) is 5.02 Å². The number of para-hydroxylation sites is 1. The number of ether oxygens (including phenoxy) is 2. The van der Waals surface area contributed by atoms with Crippen molar-refractivity contribution in [3.63, 3.8) is 0 Å². The minimum absolute atomic E-state index is 0.0986. The largest absolute Gasteiger partial charge is 0.493 e. The number of carbonyl (C=O) groups is 2. The molecule has 32 heavy (non-hydrogen) atoms. The van der Waals surface area contributed by atoms with E-state index in [9.17, 15) is 14.7 Å². The van der Waals surface area contributed by atoms with Crippen LogP contribution in [0.5, 0.6) is 11.5 Å². The van der Waals surface area contributed by atoms with Crippen LogP contribution in [0.4, 0.5) is 5.69 Å². The van der Waals surface area contributed by atoms with Gasteiger partial charge in [0.15, 0.2) is 11.5 Å². The Labute approximate surface area is 192 Å². The van der Waals surface area contributed by atoms with Gasteiger partial charge in [-0.05, 0) is 42.0 Å². The number of methoxy groups -OCH3 is 1. The number of halogens is 1. The highest BCUT2D eigenvalue weighted by Gasteiger charge is 2.20. The highest BCUT2D eigenvalue weighted by atomic mass is 35.5. The number of esters is 1. The second-order valence-electron chi connectivity index (χ2n) is 6.62. The minimum atomic E-state index is -1.06. The zero-order chi connectivity index (χ0) is 22.7. The Balaban J connectivity index is 1.58. The number of carbonyl (C=O) groups excluding carboxylic acids is 1. The standard InChI is InChI=1S/C24H16ClNO5S/c1-30-19-12-14(13-26-17-8-4-2-6-15(17)23(27)28)10-11-18(19)31-24(29)22-21(25)16-7-3-5-9-20(16)32-22/h2-13H,1H3,(H,27,28). The van der Waals surface area contributed by atoms with Gasteiger partial charge in [-0.25, -0.2) is 9.59 Å². The molecule has 0 atom stereocenters. The van der Waals surface area contributed by atoms with Gasteiger partial charge in [0, 0.05) is 16.3 Å². The van der Waals surface area contributed by atoms with Crippen LogP contribution in [0.15, 0.2) is 71.7 Å². The van der Waals surface area contributed by atoms with Gasteiger partial charge in [0.05, 0.1) is 23.4 Å². The maximum Gasteiger partial charge on any atom is 0.355 e. The Kier molecular flexibility index (Phi) is 6.20. The molecule has 0 saturated heterocycles. The molecule has 4 rings (SSSR count). The van der Waals surface area contributed by atoms with Crippen molar-refractivity contribution in [2.75, 3.05) is 7.11 Å². The SMILES string of the molecule is COc1cc(C=Nc2ccccc2C(=O)O)ccc1OC(=O)c1sc2ccccc2c1Cl. The van der Waals surface area contributed by atoms with Crippen LogP contribution >= 0.6 is 22.9 Å². The average Bonchev–Trinajstić information content (AvgIpc) is 3.15. The molecule has 3 aromatic carbocycles. The van der Waals surface area contributed by atoms with E-state index in [0.717, 1.165) is 10.1 Å². The van der Waals surface area contributed by atoms with Crippen molar-refractivity contribution in [3.8, 4) is 11.5 Å². The molecule has 1 N–H and O–H groups in total. The third kappa shape index (κ3) is 4.34. The van der Waals surface area contributed by atoms with E-state index in [1.54, 1.807) is 36.4 Å². The van der Waals surface area contributed by atoms with Crippen molar-refractivity contribution in [1.29, 1.82) is 0 Å². The van der Waals surface area contributed by atoms with E-state index in [1.165, 1.54) is 30.7 Å². The zero-order valence-corrected chi connectivity index (χ0v) is 18.3. The molecule has 0 saturated carbocycles. The fourth-order valence-electron chi connectivity index (χ4n) is 3.05. The molecule has 0 spiro atoms. The van der Waals surface area contributed by atoms with E-state index in [4.69, 9.17) is 21.1 Å². The topological polar surface area (TPSA) is 85.2 Å². The van der Waals surface area contributed by atoms with Gasteiger partial charge < -0.3 is 14.6 Å².